The Hall–Kier alpha value is -6.61. The van der Waals surface area contributed by atoms with Gasteiger partial charge in [0, 0.05) is 15.8 Å². The SMILES string of the molecule is Cc1c(Br)c(=O)c(C(=O)NC2CCc3cc(Br)ccc3NC2=O)nn1-c1ccccc1.Cc1c(Br)c(=O)c(C(=O)NC2CCc3cc(C#N)ccc3NC2=O)nn1-c1ccccc1.[2H]CF.[C-]#N.[Cu+]. The van der Waals surface area contributed by atoms with Gasteiger partial charge in [-0.05, 0) is 143 Å². The number of nitriles is 1. The van der Waals surface area contributed by atoms with E-state index in [2.05, 4.69) is 85.3 Å². The summed E-state index contributed by atoms with van der Waals surface area (Å²) in [5.74, 6) is -2.15. The number of alkyl halides is 1. The number of para-hydroxylation sites is 2. The molecule has 16 nitrogen and oxygen atoms in total. The Bertz CT molecular complexity index is 3060. The number of carbonyl (C=O) groups is 4. The van der Waals surface area contributed by atoms with Crippen molar-refractivity contribution in [2.75, 3.05) is 17.8 Å². The van der Waals surface area contributed by atoms with Gasteiger partial charge in [-0.25, -0.2) is 9.36 Å². The molecule has 2 atom stereocenters. The summed E-state index contributed by atoms with van der Waals surface area (Å²) in [4.78, 5) is 76.8. The molecule has 4 heterocycles. The number of nitrogens with zero attached hydrogens (tertiary/aromatic N) is 6. The van der Waals surface area contributed by atoms with Crippen LogP contribution in [-0.2, 0) is 39.5 Å². The van der Waals surface area contributed by atoms with Crippen molar-refractivity contribution in [1.82, 2.24) is 30.2 Å². The number of carbonyl (C=O) groups excluding carboxylic acids is 4. The molecule has 352 valence electrons. The molecule has 4 aromatic carbocycles. The van der Waals surface area contributed by atoms with E-state index in [1.54, 1.807) is 32.0 Å². The monoisotopic (exact) mass is 1160 g/mol. The quantitative estimate of drug-likeness (QED) is 0.0961. The average Bonchev–Trinajstić information content (AvgIpc) is 3.60. The van der Waals surface area contributed by atoms with Crippen LogP contribution in [0.4, 0.5) is 15.8 Å². The van der Waals surface area contributed by atoms with Gasteiger partial charge in [-0.3, -0.25) is 33.2 Å². The molecule has 0 spiro atoms. The Balaban J connectivity index is 0.000000272. The first-order chi connectivity index (χ1) is 32.6. The minimum absolute atomic E-state index is 0. The van der Waals surface area contributed by atoms with Crippen molar-refractivity contribution in [3.63, 3.8) is 0 Å². The van der Waals surface area contributed by atoms with Crippen LogP contribution >= 0.6 is 47.8 Å². The standard InChI is InChI=1S/C23H18BrN5O3.C22H18Br2N4O3.CH3F.CN.Cu/c1-13-19(24)21(30)20(28-29(13)16-5-3-2-4-6-16)23(32)27-18-10-8-15-11-14(12-25)7-9-17(15)26-22(18)31;1-12-18(24)20(29)19(27-28(12)15-5-3-2-4-6-15)22(31)26-17-9-7-13-11-14(23)8-10-16(13)25-21(17)30;2*1-2;/h2-7,9,11,18H,8,10H2,1H3,(H,26,31)(H,27,32);2-6,8,10-11,17H,7,9H2,1H3,(H,25,30)(H,26,31);1H3;;/q;;;-1;+1/i;;1D;;. The van der Waals surface area contributed by atoms with Crippen molar-refractivity contribution in [2.24, 2.45) is 0 Å². The molecule has 2 aromatic heterocycles. The van der Waals surface area contributed by atoms with E-state index < -0.39 is 47.8 Å². The van der Waals surface area contributed by atoms with Gasteiger partial charge >= 0.3 is 17.1 Å². The van der Waals surface area contributed by atoms with Crippen LogP contribution in [0.1, 0.15) is 63.3 Å². The molecule has 68 heavy (non-hydrogen) atoms. The summed E-state index contributed by atoms with van der Waals surface area (Å²) in [5.41, 5.74) is 4.46. The zero-order chi connectivity index (χ0) is 49.7. The van der Waals surface area contributed by atoms with Crippen LogP contribution in [0, 0.1) is 37.0 Å². The molecule has 0 radical (unpaired) electrons. The number of nitrogens with one attached hydrogen (secondary N) is 4. The van der Waals surface area contributed by atoms with Gasteiger partial charge in [-0.2, -0.15) is 15.5 Å². The Morgan fingerprint density at radius 2 is 1.12 bits per heavy atom. The van der Waals surface area contributed by atoms with Crippen LogP contribution in [0.15, 0.2) is 120 Å². The summed E-state index contributed by atoms with van der Waals surface area (Å²) in [7, 11) is -1.00. The van der Waals surface area contributed by atoms with Gasteiger partial charge in [0.1, 0.15) is 12.1 Å². The van der Waals surface area contributed by atoms with Gasteiger partial charge in [0.25, 0.3) is 11.8 Å². The number of aromatic nitrogens is 4. The predicted octanol–water partition coefficient (Wildman–Crippen LogP) is 7.29. The Labute approximate surface area is 426 Å². The first-order valence-corrected chi connectivity index (χ1v) is 22.4. The summed E-state index contributed by atoms with van der Waals surface area (Å²) in [5, 5.41) is 34.9. The minimum atomic E-state index is -1.00. The number of aryl methyl sites for hydroxylation is 2. The van der Waals surface area contributed by atoms with Crippen LogP contribution in [0.5, 0.6) is 0 Å². The van der Waals surface area contributed by atoms with Gasteiger partial charge in [0.15, 0.2) is 11.4 Å². The van der Waals surface area contributed by atoms with E-state index in [0.717, 1.165) is 15.6 Å². The molecule has 0 saturated heterocycles. The first kappa shape index (κ1) is 52.4. The molecule has 0 bridgehead atoms. The minimum Gasteiger partial charge on any atom is -0.512 e. The summed E-state index contributed by atoms with van der Waals surface area (Å²) in [6, 6.07) is 29.4. The maximum atomic E-state index is 13.0. The van der Waals surface area contributed by atoms with E-state index in [1.165, 1.54) is 9.36 Å². The molecule has 0 saturated carbocycles. The number of benzene rings is 4. The fourth-order valence-electron chi connectivity index (χ4n) is 7.01. The molecule has 4 N–H and O–H groups in total. The van der Waals surface area contributed by atoms with Crippen molar-refractivity contribution >= 4 is 82.8 Å². The molecule has 2 unspecified atom stereocenters. The summed E-state index contributed by atoms with van der Waals surface area (Å²) >= 11 is 9.99. The third-order valence-corrected chi connectivity index (χ3v) is 12.8. The van der Waals surface area contributed by atoms with Crippen molar-refractivity contribution in [3.05, 3.63) is 177 Å². The van der Waals surface area contributed by atoms with E-state index in [4.69, 9.17) is 18.5 Å². The molecule has 0 fully saturated rings. The van der Waals surface area contributed by atoms with E-state index in [-0.39, 0.29) is 43.3 Å². The number of hydrogen-bond acceptors (Lipinski definition) is 10. The second kappa shape index (κ2) is 25.0. The number of fused-ring (bicyclic) bond motifs is 2. The Kier molecular flexibility index (Phi) is 19.2. The smallest absolute Gasteiger partial charge is 0.512 e. The van der Waals surface area contributed by atoms with Gasteiger partial charge in [0.2, 0.25) is 22.7 Å². The van der Waals surface area contributed by atoms with E-state index in [9.17, 15) is 33.2 Å². The van der Waals surface area contributed by atoms with Gasteiger partial charge in [0.05, 0.1) is 51.9 Å². The molecule has 4 amide bonds. The number of amides is 4. The van der Waals surface area contributed by atoms with Crippen LogP contribution < -0.4 is 32.1 Å². The van der Waals surface area contributed by atoms with Crippen molar-refractivity contribution in [2.45, 2.75) is 51.6 Å². The van der Waals surface area contributed by atoms with Crippen molar-refractivity contribution in [1.29, 1.82) is 10.5 Å². The summed E-state index contributed by atoms with van der Waals surface area (Å²) < 4.78 is 19.9. The average molecular weight is 1160 g/mol. The van der Waals surface area contributed by atoms with Gasteiger partial charge in [-0.15, -0.1) is 0 Å². The molecular formula is C47H39Br3CuFN10O6. The molecule has 0 aliphatic carbocycles. The maximum absolute atomic E-state index is 13.0. The summed E-state index contributed by atoms with van der Waals surface area (Å²) in [6.45, 7) is 8.21. The zero-order valence-corrected chi connectivity index (χ0v) is 41.6. The second-order valence-electron chi connectivity index (χ2n) is 14.5. The van der Waals surface area contributed by atoms with E-state index >= 15 is 0 Å². The van der Waals surface area contributed by atoms with E-state index in [1.807, 2.05) is 78.9 Å². The number of hydrogen-bond donors (Lipinski definition) is 4. The molecular weight excluding hydrogens is 1120 g/mol. The second-order valence-corrected chi connectivity index (χ2v) is 17.0. The number of halogens is 4. The Morgan fingerprint density at radius 3 is 1.53 bits per heavy atom. The topological polar surface area (TPSA) is 234 Å². The Morgan fingerprint density at radius 1 is 0.721 bits per heavy atom. The first-order valence-electron chi connectivity index (χ1n) is 20.7. The molecule has 21 heteroatoms. The normalized spacial score (nSPS) is 14.5. The molecule has 2 aliphatic heterocycles. The molecule has 8 rings (SSSR count). The van der Waals surface area contributed by atoms with Crippen LogP contribution in [0.3, 0.4) is 0 Å². The van der Waals surface area contributed by atoms with E-state index in [0.29, 0.717) is 65.4 Å². The van der Waals surface area contributed by atoms with Gasteiger partial charge < -0.3 is 33.1 Å². The fourth-order valence-corrected chi connectivity index (χ4v) is 8.13. The predicted molar refractivity (Wildman–Crippen MR) is 258 cm³/mol. The largest absolute Gasteiger partial charge is 1.00 e. The fraction of sp³-hybridized carbons (Fsp3) is 0.191. The molecule has 2 aliphatic rings. The van der Waals surface area contributed by atoms with Crippen LogP contribution in [0.25, 0.3) is 11.4 Å². The number of rotatable bonds is 6. The van der Waals surface area contributed by atoms with Crippen LogP contribution in [-0.4, -0.2) is 62.4 Å². The maximum Gasteiger partial charge on any atom is 1.00 e. The molecule has 6 aromatic rings. The summed E-state index contributed by atoms with van der Waals surface area (Å²) in [6.07, 6.45) is 1.80. The van der Waals surface area contributed by atoms with Crippen LogP contribution in [0.2, 0.25) is 0 Å². The van der Waals surface area contributed by atoms with Crippen molar-refractivity contribution in [3.8, 4) is 17.4 Å². The van der Waals surface area contributed by atoms with Crippen molar-refractivity contribution < 1.29 is 42.0 Å². The van der Waals surface area contributed by atoms with Gasteiger partial charge in [-0.1, -0.05) is 52.3 Å². The number of anilines is 2. The third kappa shape index (κ3) is 12.5. The third-order valence-electron chi connectivity index (χ3n) is 10.4. The zero-order valence-electron chi connectivity index (χ0n) is 36.9.